The highest BCUT2D eigenvalue weighted by atomic mass is 16.5. The van der Waals surface area contributed by atoms with Crippen molar-refractivity contribution in [1.29, 1.82) is 0 Å². The number of benzene rings is 1. The maximum atomic E-state index is 12.4. The number of anilines is 3. The van der Waals surface area contributed by atoms with Gasteiger partial charge < -0.3 is 24.7 Å². The highest BCUT2D eigenvalue weighted by molar-refractivity contribution is 6.31. The van der Waals surface area contributed by atoms with Crippen LogP contribution in [0.1, 0.15) is 5.56 Å². The maximum Gasteiger partial charge on any atom is 0.257 e. The van der Waals surface area contributed by atoms with E-state index in [9.17, 15) is 4.79 Å². The molecule has 1 fully saturated rings. The molecule has 7 nitrogen and oxygen atoms in total. The van der Waals surface area contributed by atoms with Gasteiger partial charge in [-0.15, -0.1) is 0 Å². The number of hydrogen-bond acceptors (Lipinski definition) is 6. The van der Waals surface area contributed by atoms with Gasteiger partial charge in [-0.1, -0.05) is 12.1 Å². The monoisotopic (exact) mass is 388 g/mol. The number of fused-ring (bicyclic) bond motifs is 1. The number of carbonyl (C=O) groups is 1. The van der Waals surface area contributed by atoms with Gasteiger partial charge in [0.1, 0.15) is 11.6 Å². The summed E-state index contributed by atoms with van der Waals surface area (Å²) in [5.41, 5.74) is 3.96. The smallest absolute Gasteiger partial charge is 0.257 e. The predicted molar refractivity (Wildman–Crippen MR) is 112 cm³/mol. The molecule has 2 N–H and O–H groups in total. The van der Waals surface area contributed by atoms with Crippen LogP contribution in [0, 0.1) is 0 Å². The average Bonchev–Trinajstić information content (AvgIpc) is 3.40. The first-order valence-electron chi connectivity index (χ1n) is 9.53. The van der Waals surface area contributed by atoms with Crippen LogP contribution in [0.4, 0.5) is 17.2 Å². The van der Waals surface area contributed by atoms with E-state index in [-0.39, 0.29) is 5.91 Å². The minimum Gasteiger partial charge on any atom is -0.464 e. The molecule has 0 spiro atoms. The number of carbonyl (C=O) groups excluding carboxylic acids is 1. The summed E-state index contributed by atoms with van der Waals surface area (Å²) in [6.07, 6.45) is 5.13. The largest absolute Gasteiger partial charge is 0.464 e. The van der Waals surface area contributed by atoms with Gasteiger partial charge in [-0.05, 0) is 30.3 Å². The van der Waals surface area contributed by atoms with Crippen molar-refractivity contribution in [2.24, 2.45) is 0 Å². The topological polar surface area (TPSA) is 79.6 Å². The van der Waals surface area contributed by atoms with Crippen molar-refractivity contribution in [3.05, 3.63) is 66.7 Å². The minimum absolute atomic E-state index is 0.137. The highest BCUT2D eigenvalue weighted by Crippen LogP contribution is 2.35. The first kappa shape index (κ1) is 17.5. The summed E-state index contributed by atoms with van der Waals surface area (Å²) in [5.74, 6) is 1.56. The molecule has 7 heteroatoms. The Bertz CT molecular complexity index is 1050. The van der Waals surface area contributed by atoms with Crippen molar-refractivity contribution in [3.63, 3.8) is 0 Å². The van der Waals surface area contributed by atoms with Crippen molar-refractivity contribution in [3.8, 4) is 11.3 Å². The Morgan fingerprint density at radius 1 is 1.14 bits per heavy atom. The molecule has 4 heterocycles. The first-order chi connectivity index (χ1) is 14.3. The molecule has 3 aromatic rings. The molecule has 146 valence electrons. The van der Waals surface area contributed by atoms with Crippen LogP contribution in [0.15, 0.2) is 65.5 Å². The van der Waals surface area contributed by atoms with Gasteiger partial charge in [-0.3, -0.25) is 4.79 Å². The predicted octanol–water partition coefficient (Wildman–Crippen LogP) is 3.58. The van der Waals surface area contributed by atoms with Crippen LogP contribution >= 0.6 is 0 Å². The SMILES string of the molecule is O=C1Nc2cc(-c3ccco3)ccc2/C1=C\Nc1ccc(N2CCOCC2)nc1. The molecule has 0 unspecified atom stereocenters. The van der Waals surface area contributed by atoms with E-state index in [4.69, 9.17) is 9.15 Å². The van der Waals surface area contributed by atoms with E-state index in [1.54, 1.807) is 18.7 Å². The maximum absolute atomic E-state index is 12.4. The van der Waals surface area contributed by atoms with Crippen LogP contribution in [0.25, 0.3) is 16.9 Å². The summed E-state index contributed by atoms with van der Waals surface area (Å²) in [6.45, 7) is 3.15. The lowest BCUT2D eigenvalue weighted by molar-refractivity contribution is -0.110. The lowest BCUT2D eigenvalue weighted by atomic mass is 10.0. The minimum atomic E-state index is -0.137. The highest BCUT2D eigenvalue weighted by Gasteiger charge is 2.24. The van der Waals surface area contributed by atoms with Gasteiger partial charge in [-0.2, -0.15) is 0 Å². The third-order valence-electron chi connectivity index (χ3n) is 5.07. The molecule has 5 rings (SSSR count). The van der Waals surface area contributed by atoms with E-state index in [0.717, 1.165) is 60.4 Å². The quantitative estimate of drug-likeness (QED) is 0.665. The van der Waals surface area contributed by atoms with Gasteiger partial charge >= 0.3 is 0 Å². The van der Waals surface area contributed by atoms with Gasteiger partial charge in [0.15, 0.2) is 0 Å². The zero-order chi connectivity index (χ0) is 19.6. The molecule has 0 atom stereocenters. The molecule has 0 bridgehead atoms. The molecular formula is C22H20N4O3. The Hall–Kier alpha value is -3.58. The summed E-state index contributed by atoms with van der Waals surface area (Å²) in [4.78, 5) is 19.2. The number of morpholine rings is 1. The number of nitrogens with zero attached hydrogens (tertiary/aromatic N) is 2. The van der Waals surface area contributed by atoms with E-state index in [0.29, 0.717) is 5.57 Å². The van der Waals surface area contributed by atoms with Crippen molar-refractivity contribution in [1.82, 2.24) is 4.98 Å². The number of nitrogens with one attached hydrogen (secondary N) is 2. The molecule has 2 aliphatic rings. The summed E-state index contributed by atoms with van der Waals surface area (Å²) < 4.78 is 10.8. The number of pyridine rings is 1. The molecule has 0 radical (unpaired) electrons. The van der Waals surface area contributed by atoms with Crippen LogP contribution < -0.4 is 15.5 Å². The second kappa shape index (κ2) is 7.44. The second-order valence-corrected chi connectivity index (χ2v) is 6.90. The Kier molecular flexibility index (Phi) is 4.50. The number of amides is 1. The number of ether oxygens (including phenoxy) is 1. The third-order valence-corrected chi connectivity index (χ3v) is 5.07. The van der Waals surface area contributed by atoms with Crippen molar-refractivity contribution >= 4 is 28.7 Å². The van der Waals surface area contributed by atoms with E-state index < -0.39 is 0 Å². The molecule has 0 aliphatic carbocycles. The van der Waals surface area contributed by atoms with E-state index in [1.165, 1.54) is 0 Å². The van der Waals surface area contributed by atoms with Crippen LogP contribution in [0.2, 0.25) is 0 Å². The standard InChI is InChI=1S/C22H20N4O3/c27-22-18(17-5-3-15(12-19(17)25-22)20-2-1-9-29-20)14-23-16-4-6-21(24-13-16)26-7-10-28-11-8-26/h1-6,9,12-14,23H,7-8,10-11H2,(H,25,27)/b18-14+. The number of aromatic nitrogens is 1. The zero-order valence-corrected chi connectivity index (χ0v) is 15.7. The molecule has 1 amide bonds. The molecule has 1 aromatic carbocycles. The van der Waals surface area contributed by atoms with Gasteiger partial charge in [0.05, 0.1) is 36.9 Å². The van der Waals surface area contributed by atoms with Gasteiger partial charge in [0.2, 0.25) is 0 Å². The van der Waals surface area contributed by atoms with E-state index in [2.05, 4.69) is 20.5 Å². The fraction of sp³-hybridized carbons (Fsp3) is 0.182. The average molecular weight is 388 g/mol. The molecule has 29 heavy (non-hydrogen) atoms. The zero-order valence-electron chi connectivity index (χ0n) is 15.7. The lowest BCUT2D eigenvalue weighted by Crippen LogP contribution is -2.36. The molecule has 0 saturated carbocycles. The summed E-state index contributed by atoms with van der Waals surface area (Å²) in [5, 5.41) is 6.10. The summed E-state index contributed by atoms with van der Waals surface area (Å²) in [7, 11) is 0. The van der Waals surface area contributed by atoms with Crippen LogP contribution in [0.3, 0.4) is 0 Å². The van der Waals surface area contributed by atoms with Crippen molar-refractivity contribution in [2.45, 2.75) is 0 Å². The molecule has 2 aliphatic heterocycles. The lowest BCUT2D eigenvalue weighted by Gasteiger charge is -2.27. The van der Waals surface area contributed by atoms with E-state index >= 15 is 0 Å². The second-order valence-electron chi connectivity index (χ2n) is 6.90. The fourth-order valence-electron chi connectivity index (χ4n) is 3.54. The number of hydrogen-bond donors (Lipinski definition) is 2. The molecule has 2 aromatic heterocycles. The Balaban J connectivity index is 1.33. The Labute approximate surface area is 168 Å². The van der Waals surface area contributed by atoms with E-state index in [1.807, 2.05) is 42.5 Å². The van der Waals surface area contributed by atoms with Gasteiger partial charge in [0, 0.05) is 36.1 Å². The number of furan rings is 1. The first-order valence-corrected chi connectivity index (χ1v) is 9.53. The van der Waals surface area contributed by atoms with Crippen molar-refractivity contribution < 1.29 is 13.9 Å². The summed E-state index contributed by atoms with van der Waals surface area (Å²) >= 11 is 0. The van der Waals surface area contributed by atoms with Gasteiger partial charge in [-0.25, -0.2) is 4.98 Å². The van der Waals surface area contributed by atoms with Crippen molar-refractivity contribution in [2.75, 3.05) is 41.8 Å². The molecular weight excluding hydrogens is 368 g/mol. The van der Waals surface area contributed by atoms with Crippen LogP contribution in [-0.2, 0) is 9.53 Å². The third kappa shape index (κ3) is 3.48. The number of rotatable bonds is 4. The van der Waals surface area contributed by atoms with Crippen LogP contribution in [-0.4, -0.2) is 37.2 Å². The molecule has 1 saturated heterocycles. The van der Waals surface area contributed by atoms with Gasteiger partial charge in [0.25, 0.3) is 5.91 Å². The Morgan fingerprint density at radius 3 is 2.79 bits per heavy atom. The van der Waals surface area contributed by atoms with Crippen LogP contribution in [0.5, 0.6) is 0 Å². The normalized spacial score (nSPS) is 17.3. The Morgan fingerprint density at radius 2 is 2.03 bits per heavy atom. The summed E-state index contributed by atoms with van der Waals surface area (Å²) in [6, 6.07) is 13.5. The fourth-order valence-corrected chi connectivity index (χ4v) is 3.54.